The minimum absolute atomic E-state index is 0.696. The van der Waals surface area contributed by atoms with Crippen molar-refractivity contribution >= 4 is 0 Å². The quantitative estimate of drug-likeness (QED) is 0.872. The molecule has 0 radical (unpaired) electrons. The summed E-state index contributed by atoms with van der Waals surface area (Å²) in [6.45, 7) is 4.16. The van der Waals surface area contributed by atoms with E-state index in [0.717, 1.165) is 43.4 Å². The Kier molecular flexibility index (Phi) is 4.78. The molecule has 4 nitrogen and oxygen atoms in total. The fourth-order valence-electron chi connectivity index (χ4n) is 2.72. The standard InChI is InChI=1S/C15H21N3O/c1-17-9-13-5-6-18(10-13)11-14-7-12(8-16)3-4-15(14)19-2/h3-4,7,13,17H,5-6,9-11H2,1-2H3. The molecule has 1 aliphatic rings. The molecule has 102 valence electrons. The third-order valence-corrected chi connectivity index (χ3v) is 3.67. The molecule has 0 saturated carbocycles. The van der Waals surface area contributed by atoms with Crippen LogP contribution >= 0.6 is 0 Å². The number of nitrogens with zero attached hydrogens (tertiary/aromatic N) is 2. The smallest absolute Gasteiger partial charge is 0.123 e. The van der Waals surface area contributed by atoms with Crippen LogP contribution in [-0.4, -0.2) is 38.7 Å². The van der Waals surface area contributed by atoms with Crippen molar-refractivity contribution in [3.8, 4) is 11.8 Å². The molecule has 4 heteroatoms. The predicted octanol–water partition coefficient (Wildman–Crippen LogP) is 1.61. The van der Waals surface area contributed by atoms with Crippen molar-refractivity contribution in [1.82, 2.24) is 10.2 Å². The maximum absolute atomic E-state index is 8.99. The summed E-state index contributed by atoms with van der Waals surface area (Å²) in [7, 11) is 3.68. The lowest BCUT2D eigenvalue weighted by Crippen LogP contribution is -2.24. The van der Waals surface area contributed by atoms with Crippen molar-refractivity contribution < 1.29 is 4.74 Å². The SMILES string of the molecule is CNCC1CCN(Cc2cc(C#N)ccc2OC)C1. The maximum atomic E-state index is 8.99. The van der Waals surface area contributed by atoms with Crippen molar-refractivity contribution in [2.24, 2.45) is 5.92 Å². The third-order valence-electron chi connectivity index (χ3n) is 3.67. The summed E-state index contributed by atoms with van der Waals surface area (Å²) in [4.78, 5) is 2.43. The zero-order valence-corrected chi connectivity index (χ0v) is 11.6. The molecule has 1 heterocycles. The van der Waals surface area contributed by atoms with E-state index < -0.39 is 0 Å². The van der Waals surface area contributed by atoms with E-state index in [0.29, 0.717) is 5.56 Å². The summed E-state index contributed by atoms with van der Waals surface area (Å²) < 4.78 is 5.38. The van der Waals surface area contributed by atoms with Crippen LogP contribution in [0.3, 0.4) is 0 Å². The van der Waals surface area contributed by atoms with Gasteiger partial charge in [-0.15, -0.1) is 0 Å². The van der Waals surface area contributed by atoms with E-state index in [1.54, 1.807) is 13.2 Å². The van der Waals surface area contributed by atoms with Gasteiger partial charge in [-0.1, -0.05) is 0 Å². The minimum atomic E-state index is 0.696. The first kappa shape index (κ1) is 13.9. The number of ether oxygens (including phenoxy) is 1. The number of rotatable bonds is 5. The van der Waals surface area contributed by atoms with Gasteiger partial charge in [-0.2, -0.15) is 5.26 Å². The fraction of sp³-hybridized carbons (Fsp3) is 0.533. The average molecular weight is 259 g/mol. The molecule has 0 aromatic heterocycles. The highest BCUT2D eigenvalue weighted by Crippen LogP contribution is 2.24. The Morgan fingerprint density at radius 2 is 2.37 bits per heavy atom. The van der Waals surface area contributed by atoms with Crippen LogP contribution in [0.15, 0.2) is 18.2 Å². The summed E-state index contributed by atoms with van der Waals surface area (Å²) in [5.41, 5.74) is 1.80. The molecule has 1 saturated heterocycles. The summed E-state index contributed by atoms with van der Waals surface area (Å²) in [6, 6.07) is 7.81. The van der Waals surface area contributed by atoms with Gasteiger partial charge < -0.3 is 10.1 Å². The Labute approximate surface area is 115 Å². The molecular formula is C15H21N3O. The summed E-state index contributed by atoms with van der Waals surface area (Å²) in [5, 5.41) is 12.2. The fourth-order valence-corrected chi connectivity index (χ4v) is 2.72. The van der Waals surface area contributed by atoms with E-state index in [4.69, 9.17) is 10.00 Å². The summed E-state index contributed by atoms with van der Waals surface area (Å²) >= 11 is 0. The summed E-state index contributed by atoms with van der Waals surface area (Å²) in [6.07, 6.45) is 1.24. The molecule has 1 N–H and O–H groups in total. The van der Waals surface area contributed by atoms with Crippen LogP contribution in [0.25, 0.3) is 0 Å². The zero-order chi connectivity index (χ0) is 13.7. The van der Waals surface area contributed by atoms with Crippen molar-refractivity contribution in [2.75, 3.05) is 33.8 Å². The number of nitrogens with one attached hydrogen (secondary N) is 1. The first-order valence-electron chi connectivity index (χ1n) is 6.70. The highest BCUT2D eigenvalue weighted by atomic mass is 16.5. The van der Waals surface area contributed by atoms with Crippen molar-refractivity contribution in [2.45, 2.75) is 13.0 Å². The Bertz CT molecular complexity index is 467. The zero-order valence-electron chi connectivity index (χ0n) is 11.6. The van der Waals surface area contributed by atoms with E-state index in [1.165, 1.54) is 6.42 Å². The van der Waals surface area contributed by atoms with Crippen LogP contribution in [0, 0.1) is 17.2 Å². The molecule has 1 aromatic carbocycles. The van der Waals surface area contributed by atoms with E-state index in [1.807, 2.05) is 19.2 Å². The number of benzene rings is 1. The largest absolute Gasteiger partial charge is 0.496 e. The van der Waals surface area contributed by atoms with E-state index in [-0.39, 0.29) is 0 Å². The van der Waals surface area contributed by atoms with Crippen LogP contribution in [0.4, 0.5) is 0 Å². The lowest BCUT2D eigenvalue weighted by Gasteiger charge is -2.18. The molecule has 0 amide bonds. The van der Waals surface area contributed by atoms with Crippen LogP contribution in [0.2, 0.25) is 0 Å². The van der Waals surface area contributed by atoms with Gasteiger partial charge >= 0.3 is 0 Å². The Morgan fingerprint density at radius 1 is 1.53 bits per heavy atom. The van der Waals surface area contributed by atoms with Gasteiger partial charge in [-0.05, 0) is 50.7 Å². The van der Waals surface area contributed by atoms with Gasteiger partial charge in [0.2, 0.25) is 0 Å². The molecule has 1 aromatic rings. The monoisotopic (exact) mass is 259 g/mol. The lowest BCUT2D eigenvalue weighted by molar-refractivity contribution is 0.307. The second-order valence-electron chi connectivity index (χ2n) is 5.09. The molecule has 1 atom stereocenters. The van der Waals surface area contributed by atoms with Crippen LogP contribution in [-0.2, 0) is 6.54 Å². The molecular weight excluding hydrogens is 238 g/mol. The highest BCUT2D eigenvalue weighted by Gasteiger charge is 2.22. The van der Waals surface area contributed by atoms with Crippen molar-refractivity contribution in [1.29, 1.82) is 5.26 Å². The van der Waals surface area contributed by atoms with E-state index >= 15 is 0 Å². The molecule has 0 spiro atoms. The van der Waals surface area contributed by atoms with Gasteiger partial charge in [0.25, 0.3) is 0 Å². The maximum Gasteiger partial charge on any atom is 0.123 e. The van der Waals surface area contributed by atoms with Gasteiger partial charge in [0.05, 0.1) is 18.7 Å². The number of hydrogen-bond acceptors (Lipinski definition) is 4. The Balaban J connectivity index is 2.05. The van der Waals surface area contributed by atoms with Gasteiger partial charge in [-0.25, -0.2) is 0 Å². The van der Waals surface area contributed by atoms with Gasteiger partial charge in [-0.3, -0.25) is 4.90 Å². The topological polar surface area (TPSA) is 48.3 Å². The number of nitriles is 1. The first-order chi connectivity index (χ1) is 9.26. The van der Waals surface area contributed by atoms with Gasteiger partial charge in [0.1, 0.15) is 5.75 Å². The van der Waals surface area contributed by atoms with E-state index in [2.05, 4.69) is 16.3 Å². The number of likely N-dealkylation sites (tertiary alicyclic amines) is 1. The lowest BCUT2D eigenvalue weighted by atomic mass is 10.1. The second-order valence-corrected chi connectivity index (χ2v) is 5.09. The van der Waals surface area contributed by atoms with Gasteiger partial charge in [0.15, 0.2) is 0 Å². The van der Waals surface area contributed by atoms with Crippen LogP contribution < -0.4 is 10.1 Å². The number of hydrogen-bond donors (Lipinski definition) is 1. The van der Waals surface area contributed by atoms with Crippen molar-refractivity contribution in [3.63, 3.8) is 0 Å². The van der Waals surface area contributed by atoms with Gasteiger partial charge in [0, 0.05) is 18.7 Å². The van der Waals surface area contributed by atoms with Crippen molar-refractivity contribution in [3.05, 3.63) is 29.3 Å². The molecule has 19 heavy (non-hydrogen) atoms. The highest BCUT2D eigenvalue weighted by molar-refractivity contribution is 5.42. The number of methoxy groups -OCH3 is 1. The molecule has 1 fully saturated rings. The van der Waals surface area contributed by atoms with E-state index in [9.17, 15) is 0 Å². The molecule has 0 aliphatic carbocycles. The van der Waals surface area contributed by atoms with Crippen LogP contribution in [0.5, 0.6) is 5.75 Å². The summed E-state index contributed by atoms with van der Waals surface area (Å²) in [5.74, 6) is 1.60. The minimum Gasteiger partial charge on any atom is -0.496 e. The molecule has 0 bridgehead atoms. The second kappa shape index (κ2) is 6.55. The Morgan fingerprint density at radius 3 is 3.05 bits per heavy atom. The molecule has 2 rings (SSSR count). The van der Waals surface area contributed by atoms with Crippen LogP contribution in [0.1, 0.15) is 17.5 Å². The average Bonchev–Trinajstić information content (AvgIpc) is 2.86. The Hall–Kier alpha value is -1.57. The third kappa shape index (κ3) is 3.46. The molecule has 1 unspecified atom stereocenters. The molecule has 1 aliphatic heterocycles. The normalized spacial score (nSPS) is 19.3. The first-order valence-corrected chi connectivity index (χ1v) is 6.70. The predicted molar refractivity (Wildman–Crippen MR) is 75.0 cm³/mol.